The minimum atomic E-state index is 0.798. The molecule has 0 radical (unpaired) electrons. The van der Waals surface area contributed by atoms with Crippen LogP contribution in [0.15, 0.2) is 36.7 Å². The Morgan fingerprint density at radius 1 is 1.29 bits per heavy atom. The van der Waals surface area contributed by atoms with Crippen molar-refractivity contribution < 1.29 is 0 Å². The van der Waals surface area contributed by atoms with E-state index in [0.717, 1.165) is 31.0 Å². The van der Waals surface area contributed by atoms with Crippen LogP contribution in [0.25, 0.3) is 0 Å². The van der Waals surface area contributed by atoms with Gasteiger partial charge in [0.15, 0.2) is 0 Å². The lowest BCUT2D eigenvalue weighted by Gasteiger charge is -2.07. The lowest BCUT2D eigenvalue weighted by molar-refractivity contribution is 0.621. The molecule has 0 amide bonds. The van der Waals surface area contributed by atoms with Crippen molar-refractivity contribution in [3.63, 3.8) is 0 Å². The maximum atomic E-state index is 5.67. The zero-order chi connectivity index (χ0) is 12.1. The monoisotopic (exact) mass is 230 g/mol. The number of likely N-dealkylation sites (N-methyl/N-ethyl adjacent to an activating group) is 1. The van der Waals surface area contributed by atoms with Crippen molar-refractivity contribution in [1.29, 1.82) is 0 Å². The molecule has 1 heterocycles. The number of aromatic nitrogens is 2. The highest BCUT2D eigenvalue weighted by molar-refractivity contribution is 5.39. The van der Waals surface area contributed by atoms with Gasteiger partial charge in [0.2, 0.25) is 0 Å². The largest absolute Gasteiger partial charge is 0.399 e. The van der Waals surface area contributed by atoms with E-state index in [2.05, 4.69) is 14.9 Å². The van der Waals surface area contributed by atoms with Crippen molar-refractivity contribution in [2.24, 2.45) is 0 Å². The summed E-state index contributed by atoms with van der Waals surface area (Å²) in [6.45, 7) is 1.89. The fourth-order valence-corrected chi connectivity index (χ4v) is 1.76. The first-order chi connectivity index (χ1) is 8.29. The number of imidazole rings is 1. The van der Waals surface area contributed by atoms with Crippen molar-refractivity contribution in [3.05, 3.63) is 48.0 Å². The molecule has 0 saturated heterocycles. The van der Waals surface area contributed by atoms with Gasteiger partial charge in [0.05, 0.1) is 0 Å². The van der Waals surface area contributed by atoms with Gasteiger partial charge in [-0.1, -0.05) is 12.1 Å². The number of hydrogen-bond donors (Lipinski definition) is 2. The standard InChI is InChI=1S/C13H18N4/c1-15-6-8-17-9-7-16-13(17)10-11-2-4-12(14)5-3-11/h2-5,7,9,15H,6,8,10,14H2,1H3. The topological polar surface area (TPSA) is 55.9 Å². The zero-order valence-corrected chi connectivity index (χ0v) is 10.1. The molecular formula is C13H18N4. The van der Waals surface area contributed by atoms with Crippen LogP contribution < -0.4 is 11.1 Å². The quantitative estimate of drug-likeness (QED) is 0.761. The van der Waals surface area contributed by atoms with E-state index in [9.17, 15) is 0 Å². The fourth-order valence-electron chi connectivity index (χ4n) is 1.76. The minimum Gasteiger partial charge on any atom is -0.399 e. The molecule has 0 aliphatic heterocycles. The van der Waals surface area contributed by atoms with Crippen LogP contribution in [0.2, 0.25) is 0 Å². The Morgan fingerprint density at radius 2 is 2.06 bits per heavy atom. The molecule has 3 N–H and O–H groups in total. The molecule has 17 heavy (non-hydrogen) atoms. The zero-order valence-electron chi connectivity index (χ0n) is 10.1. The van der Waals surface area contributed by atoms with E-state index >= 15 is 0 Å². The number of anilines is 1. The van der Waals surface area contributed by atoms with Gasteiger partial charge in [-0.3, -0.25) is 0 Å². The van der Waals surface area contributed by atoms with Gasteiger partial charge in [0.1, 0.15) is 5.82 Å². The highest BCUT2D eigenvalue weighted by atomic mass is 15.1. The Kier molecular flexibility index (Phi) is 3.77. The Hall–Kier alpha value is -1.81. The molecule has 2 aromatic rings. The first kappa shape index (κ1) is 11.7. The highest BCUT2D eigenvalue weighted by Gasteiger charge is 2.03. The third kappa shape index (κ3) is 3.07. The third-order valence-corrected chi connectivity index (χ3v) is 2.75. The van der Waals surface area contributed by atoms with Crippen LogP contribution >= 0.6 is 0 Å². The van der Waals surface area contributed by atoms with E-state index in [1.807, 2.05) is 43.7 Å². The lowest BCUT2D eigenvalue weighted by Crippen LogP contribution is -2.16. The number of nitrogens with one attached hydrogen (secondary N) is 1. The summed E-state index contributed by atoms with van der Waals surface area (Å²) in [5.74, 6) is 1.09. The molecule has 4 nitrogen and oxygen atoms in total. The number of nitrogen functional groups attached to an aromatic ring is 1. The van der Waals surface area contributed by atoms with Crippen molar-refractivity contribution >= 4 is 5.69 Å². The maximum absolute atomic E-state index is 5.67. The first-order valence-corrected chi connectivity index (χ1v) is 5.78. The average Bonchev–Trinajstić information content (AvgIpc) is 2.77. The van der Waals surface area contributed by atoms with Crippen molar-refractivity contribution in [2.75, 3.05) is 19.3 Å². The molecule has 0 aliphatic carbocycles. The summed E-state index contributed by atoms with van der Waals surface area (Å²) in [7, 11) is 1.95. The van der Waals surface area contributed by atoms with Crippen molar-refractivity contribution in [1.82, 2.24) is 14.9 Å². The Bertz CT molecular complexity index is 459. The molecule has 0 atom stereocenters. The van der Waals surface area contributed by atoms with E-state index < -0.39 is 0 Å². The van der Waals surface area contributed by atoms with Crippen LogP contribution in [0, 0.1) is 0 Å². The smallest absolute Gasteiger partial charge is 0.113 e. The Morgan fingerprint density at radius 3 is 2.76 bits per heavy atom. The Balaban J connectivity index is 2.07. The van der Waals surface area contributed by atoms with E-state index in [-0.39, 0.29) is 0 Å². The molecule has 1 aromatic carbocycles. The maximum Gasteiger partial charge on any atom is 0.113 e. The summed E-state index contributed by atoms with van der Waals surface area (Å²) in [6.07, 6.45) is 4.71. The second kappa shape index (κ2) is 5.50. The molecule has 0 saturated carbocycles. The second-order valence-corrected chi connectivity index (χ2v) is 4.06. The summed E-state index contributed by atoms with van der Waals surface area (Å²) in [5, 5.41) is 3.14. The van der Waals surface area contributed by atoms with Gasteiger partial charge < -0.3 is 15.6 Å². The summed E-state index contributed by atoms with van der Waals surface area (Å²) in [6, 6.07) is 7.95. The summed E-state index contributed by atoms with van der Waals surface area (Å²) in [5.41, 5.74) is 7.70. The van der Waals surface area contributed by atoms with Crippen molar-refractivity contribution in [3.8, 4) is 0 Å². The molecule has 0 aliphatic rings. The molecule has 2 rings (SSSR count). The summed E-state index contributed by atoms with van der Waals surface area (Å²) < 4.78 is 2.17. The molecule has 4 heteroatoms. The van der Waals surface area contributed by atoms with Gasteiger partial charge in [-0.25, -0.2) is 4.98 Å². The van der Waals surface area contributed by atoms with E-state index in [4.69, 9.17) is 5.73 Å². The average molecular weight is 230 g/mol. The fraction of sp³-hybridized carbons (Fsp3) is 0.308. The van der Waals surface area contributed by atoms with E-state index in [1.54, 1.807) is 0 Å². The lowest BCUT2D eigenvalue weighted by atomic mass is 10.1. The third-order valence-electron chi connectivity index (χ3n) is 2.75. The Labute approximate surface area is 101 Å². The molecular weight excluding hydrogens is 212 g/mol. The van der Waals surface area contributed by atoms with Crippen LogP contribution in [0.5, 0.6) is 0 Å². The van der Waals surface area contributed by atoms with Gasteiger partial charge in [-0.15, -0.1) is 0 Å². The van der Waals surface area contributed by atoms with Crippen LogP contribution in [-0.2, 0) is 13.0 Å². The van der Waals surface area contributed by atoms with Crippen LogP contribution in [0.1, 0.15) is 11.4 Å². The van der Waals surface area contributed by atoms with Gasteiger partial charge in [0, 0.05) is 37.6 Å². The van der Waals surface area contributed by atoms with Gasteiger partial charge in [-0.05, 0) is 24.7 Å². The van der Waals surface area contributed by atoms with Gasteiger partial charge >= 0.3 is 0 Å². The van der Waals surface area contributed by atoms with Gasteiger partial charge in [0.25, 0.3) is 0 Å². The molecule has 0 fully saturated rings. The molecule has 1 aromatic heterocycles. The number of rotatable bonds is 5. The SMILES string of the molecule is CNCCn1ccnc1Cc1ccc(N)cc1. The summed E-state index contributed by atoms with van der Waals surface area (Å²) >= 11 is 0. The van der Waals surface area contributed by atoms with Crippen LogP contribution in [-0.4, -0.2) is 23.1 Å². The number of benzene rings is 1. The predicted molar refractivity (Wildman–Crippen MR) is 69.8 cm³/mol. The molecule has 0 spiro atoms. The molecule has 0 unspecified atom stereocenters. The van der Waals surface area contributed by atoms with Crippen LogP contribution in [0.3, 0.4) is 0 Å². The normalized spacial score (nSPS) is 10.6. The number of hydrogen-bond acceptors (Lipinski definition) is 3. The second-order valence-electron chi connectivity index (χ2n) is 4.06. The van der Waals surface area contributed by atoms with Crippen LogP contribution in [0.4, 0.5) is 5.69 Å². The van der Waals surface area contributed by atoms with Gasteiger partial charge in [-0.2, -0.15) is 0 Å². The highest BCUT2D eigenvalue weighted by Crippen LogP contribution is 2.10. The van der Waals surface area contributed by atoms with E-state index in [1.165, 1.54) is 5.56 Å². The predicted octanol–water partition coefficient (Wildman–Crippen LogP) is 1.28. The molecule has 0 bridgehead atoms. The van der Waals surface area contributed by atoms with E-state index in [0.29, 0.717) is 0 Å². The number of nitrogens with two attached hydrogens (primary N) is 1. The molecule has 90 valence electrons. The first-order valence-electron chi connectivity index (χ1n) is 5.78. The number of nitrogens with zero attached hydrogens (tertiary/aromatic N) is 2. The minimum absolute atomic E-state index is 0.798. The summed E-state index contributed by atoms with van der Waals surface area (Å²) in [4.78, 5) is 4.39. The van der Waals surface area contributed by atoms with Crippen molar-refractivity contribution in [2.45, 2.75) is 13.0 Å².